The first-order chi connectivity index (χ1) is 12.0. The fourth-order valence-electron chi connectivity index (χ4n) is 3.38. The van der Waals surface area contributed by atoms with Crippen molar-refractivity contribution in [2.24, 2.45) is 0 Å². The molecule has 0 atom stereocenters. The molecule has 2 aromatic heterocycles. The van der Waals surface area contributed by atoms with Gasteiger partial charge in [0, 0.05) is 17.7 Å². The Labute approximate surface area is 147 Å². The Hall–Kier alpha value is -2.62. The van der Waals surface area contributed by atoms with Crippen LogP contribution in [0.15, 0.2) is 54.7 Å². The molecule has 1 amide bonds. The van der Waals surface area contributed by atoms with Crippen molar-refractivity contribution in [1.82, 2.24) is 14.7 Å². The third-order valence-electron chi connectivity index (χ3n) is 4.67. The molecule has 1 fully saturated rings. The van der Waals surface area contributed by atoms with E-state index in [0.717, 1.165) is 30.6 Å². The van der Waals surface area contributed by atoms with E-state index >= 15 is 0 Å². The lowest BCUT2D eigenvalue weighted by Gasteiger charge is -2.26. The largest absolute Gasteiger partial charge is 0.345 e. The fourth-order valence-corrected chi connectivity index (χ4v) is 3.38. The summed E-state index contributed by atoms with van der Waals surface area (Å²) in [5, 5.41) is 3.17. The SMILES string of the molecule is CC(C)(Cc1ccccc1)NC(=O)c1nc(C2CC2)n2ccccc12. The number of aromatic nitrogens is 2. The van der Waals surface area contributed by atoms with Crippen molar-refractivity contribution in [2.75, 3.05) is 0 Å². The zero-order chi connectivity index (χ0) is 17.4. The Bertz CT molecular complexity index is 907. The maximum atomic E-state index is 12.9. The molecule has 128 valence electrons. The van der Waals surface area contributed by atoms with Crippen molar-refractivity contribution in [3.05, 3.63) is 71.8 Å². The lowest BCUT2D eigenvalue weighted by molar-refractivity contribution is 0.0910. The van der Waals surface area contributed by atoms with Crippen LogP contribution in [-0.2, 0) is 6.42 Å². The molecule has 3 aromatic rings. The van der Waals surface area contributed by atoms with E-state index in [-0.39, 0.29) is 11.4 Å². The summed E-state index contributed by atoms with van der Waals surface area (Å²) in [5.41, 5.74) is 2.28. The Morgan fingerprint density at radius 2 is 1.88 bits per heavy atom. The number of carbonyl (C=O) groups is 1. The topological polar surface area (TPSA) is 46.4 Å². The number of nitrogens with one attached hydrogen (secondary N) is 1. The molecule has 4 heteroatoms. The molecule has 2 heterocycles. The Balaban J connectivity index is 1.59. The summed E-state index contributed by atoms with van der Waals surface area (Å²) >= 11 is 0. The second kappa shape index (κ2) is 6.03. The molecule has 0 spiro atoms. The molecule has 1 aliphatic carbocycles. The van der Waals surface area contributed by atoms with E-state index in [1.54, 1.807) is 0 Å². The molecule has 1 saturated carbocycles. The summed E-state index contributed by atoms with van der Waals surface area (Å²) in [7, 11) is 0. The minimum atomic E-state index is -0.344. The third kappa shape index (κ3) is 3.29. The van der Waals surface area contributed by atoms with Gasteiger partial charge < -0.3 is 9.72 Å². The molecule has 0 aliphatic heterocycles. The molecule has 0 unspecified atom stereocenters. The van der Waals surface area contributed by atoms with Gasteiger partial charge in [0.05, 0.1) is 5.52 Å². The van der Waals surface area contributed by atoms with Gasteiger partial charge in [0.2, 0.25) is 0 Å². The number of hydrogen-bond acceptors (Lipinski definition) is 2. The highest BCUT2D eigenvalue weighted by Crippen LogP contribution is 2.40. The van der Waals surface area contributed by atoms with E-state index in [2.05, 4.69) is 35.7 Å². The molecule has 1 aliphatic rings. The van der Waals surface area contributed by atoms with E-state index < -0.39 is 0 Å². The van der Waals surface area contributed by atoms with Crippen molar-refractivity contribution in [3.8, 4) is 0 Å². The second-order valence-corrected chi connectivity index (χ2v) is 7.55. The predicted octanol–water partition coefficient (Wildman–Crippen LogP) is 3.96. The van der Waals surface area contributed by atoms with Crippen molar-refractivity contribution < 1.29 is 4.79 Å². The summed E-state index contributed by atoms with van der Waals surface area (Å²) in [6.45, 7) is 4.11. The lowest BCUT2D eigenvalue weighted by Crippen LogP contribution is -2.45. The summed E-state index contributed by atoms with van der Waals surface area (Å²) in [4.78, 5) is 17.6. The highest BCUT2D eigenvalue weighted by molar-refractivity contribution is 5.99. The molecule has 4 rings (SSSR count). The highest BCUT2D eigenvalue weighted by atomic mass is 16.2. The normalized spacial score (nSPS) is 14.6. The van der Waals surface area contributed by atoms with Gasteiger partial charge in [0.1, 0.15) is 5.82 Å². The Morgan fingerprint density at radius 3 is 2.60 bits per heavy atom. The predicted molar refractivity (Wildman–Crippen MR) is 98.9 cm³/mol. The third-order valence-corrected chi connectivity index (χ3v) is 4.67. The van der Waals surface area contributed by atoms with Crippen LogP contribution < -0.4 is 5.32 Å². The van der Waals surface area contributed by atoms with E-state index in [1.165, 1.54) is 5.56 Å². The second-order valence-electron chi connectivity index (χ2n) is 7.55. The van der Waals surface area contributed by atoms with Gasteiger partial charge in [-0.2, -0.15) is 0 Å². The zero-order valence-corrected chi connectivity index (χ0v) is 14.7. The van der Waals surface area contributed by atoms with Crippen molar-refractivity contribution in [2.45, 2.75) is 44.6 Å². The quantitative estimate of drug-likeness (QED) is 0.768. The minimum Gasteiger partial charge on any atom is -0.345 e. The number of amides is 1. The standard InChI is InChI=1S/C21H23N3O/c1-21(2,14-15-8-4-3-5-9-15)23-20(25)18-17-10-6-7-13-24(17)19(22-18)16-11-12-16/h3-10,13,16H,11-12,14H2,1-2H3,(H,23,25). The number of carbonyl (C=O) groups excluding carboxylic acids is 1. The van der Waals surface area contributed by atoms with Crippen LogP contribution in [0.3, 0.4) is 0 Å². The fraction of sp³-hybridized carbons (Fsp3) is 0.333. The van der Waals surface area contributed by atoms with E-state index in [4.69, 9.17) is 4.98 Å². The van der Waals surface area contributed by atoms with Crippen LogP contribution in [0, 0.1) is 0 Å². The molecule has 25 heavy (non-hydrogen) atoms. The number of hydrogen-bond donors (Lipinski definition) is 1. The van der Waals surface area contributed by atoms with Gasteiger partial charge in [-0.05, 0) is 50.8 Å². The average Bonchev–Trinajstić information content (AvgIpc) is 3.35. The number of rotatable bonds is 5. The van der Waals surface area contributed by atoms with Crippen molar-refractivity contribution in [1.29, 1.82) is 0 Å². The average molecular weight is 333 g/mol. The van der Waals surface area contributed by atoms with Crippen LogP contribution in [0.5, 0.6) is 0 Å². The Morgan fingerprint density at radius 1 is 1.16 bits per heavy atom. The van der Waals surface area contributed by atoms with Gasteiger partial charge in [-0.25, -0.2) is 4.98 Å². The first-order valence-electron chi connectivity index (χ1n) is 8.87. The van der Waals surface area contributed by atoms with Crippen LogP contribution in [0.1, 0.15) is 54.5 Å². The number of fused-ring (bicyclic) bond motifs is 1. The molecular formula is C21H23N3O. The molecular weight excluding hydrogens is 310 g/mol. The first-order valence-corrected chi connectivity index (χ1v) is 8.87. The van der Waals surface area contributed by atoms with Crippen LogP contribution in [0.4, 0.5) is 0 Å². The molecule has 1 aromatic carbocycles. The van der Waals surface area contributed by atoms with Gasteiger partial charge in [-0.1, -0.05) is 36.4 Å². The molecule has 0 bridgehead atoms. The van der Waals surface area contributed by atoms with E-state index in [1.807, 2.05) is 42.6 Å². The number of nitrogens with zero attached hydrogens (tertiary/aromatic N) is 2. The molecule has 0 saturated heterocycles. The van der Waals surface area contributed by atoms with Crippen molar-refractivity contribution >= 4 is 11.4 Å². The van der Waals surface area contributed by atoms with Crippen LogP contribution >= 0.6 is 0 Å². The monoisotopic (exact) mass is 333 g/mol. The van der Waals surface area contributed by atoms with Gasteiger partial charge in [0.15, 0.2) is 5.69 Å². The number of pyridine rings is 1. The van der Waals surface area contributed by atoms with Crippen molar-refractivity contribution in [3.63, 3.8) is 0 Å². The maximum Gasteiger partial charge on any atom is 0.272 e. The maximum absolute atomic E-state index is 12.9. The molecule has 1 N–H and O–H groups in total. The van der Waals surface area contributed by atoms with E-state index in [0.29, 0.717) is 11.6 Å². The zero-order valence-electron chi connectivity index (χ0n) is 14.7. The summed E-state index contributed by atoms with van der Waals surface area (Å²) in [6, 6.07) is 16.2. The van der Waals surface area contributed by atoms with Gasteiger partial charge >= 0.3 is 0 Å². The van der Waals surface area contributed by atoms with Crippen LogP contribution in [0.2, 0.25) is 0 Å². The molecule has 0 radical (unpaired) electrons. The first kappa shape index (κ1) is 15.9. The summed E-state index contributed by atoms with van der Waals surface area (Å²) in [5.74, 6) is 1.41. The lowest BCUT2D eigenvalue weighted by atomic mass is 9.95. The summed E-state index contributed by atoms with van der Waals surface area (Å²) in [6.07, 6.45) is 5.10. The van der Waals surface area contributed by atoms with Crippen LogP contribution in [-0.4, -0.2) is 20.8 Å². The molecule has 4 nitrogen and oxygen atoms in total. The number of benzene rings is 1. The van der Waals surface area contributed by atoms with Gasteiger partial charge in [-0.15, -0.1) is 0 Å². The highest BCUT2D eigenvalue weighted by Gasteiger charge is 2.31. The Kier molecular flexibility index (Phi) is 3.83. The minimum absolute atomic E-state index is 0.100. The smallest absolute Gasteiger partial charge is 0.272 e. The number of imidazole rings is 1. The summed E-state index contributed by atoms with van der Waals surface area (Å²) < 4.78 is 2.07. The van der Waals surface area contributed by atoms with Crippen LogP contribution in [0.25, 0.3) is 5.52 Å². The van der Waals surface area contributed by atoms with Gasteiger partial charge in [0.25, 0.3) is 5.91 Å². The van der Waals surface area contributed by atoms with E-state index in [9.17, 15) is 4.79 Å². The van der Waals surface area contributed by atoms with Gasteiger partial charge in [-0.3, -0.25) is 4.79 Å².